The van der Waals surface area contributed by atoms with Crippen molar-refractivity contribution in [2.75, 3.05) is 0 Å². The Kier molecular flexibility index (Phi) is 5.52. The van der Waals surface area contributed by atoms with Gasteiger partial charge in [-0.1, -0.05) is 84.9 Å². The first-order valence-electron chi connectivity index (χ1n) is 9.64. The van der Waals surface area contributed by atoms with E-state index in [1.807, 2.05) is 48.5 Å². The zero-order valence-corrected chi connectivity index (χ0v) is 16.3. The summed E-state index contributed by atoms with van der Waals surface area (Å²) >= 11 is 0. The Morgan fingerprint density at radius 2 is 0.667 bits per heavy atom. The summed E-state index contributed by atoms with van der Waals surface area (Å²) in [5, 5.41) is 17.8. The summed E-state index contributed by atoms with van der Waals surface area (Å²) in [6.45, 7) is 0. The van der Waals surface area contributed by atoms with Crippen LogP contribution in [-0.4, -0.2) is 0 Å². The van der Waals surface area contributed by atoms with Crippen molar-refractivity contribution in [3.05, 3.63) is 119 Å². The van der Waals surface area contributed by atoms with Gasteiger partial charge in [-0.2, -0.15) is 10.5 Å². The Morgan fingerprint density at radius 1 is 0.400 bits per heavy atom. The summed E-state index contributed by atoms with van der Waals surface area (Å²) < 4.78 is 0. The fourth-order valence-corrected chi connectivity index (χ4v) is 3.24. The fourth-order valence-electron chi connectivity index (χ4n) is 3.24. The molecule has 0 atom stereocenters. The smallest absolute Gasteiger partial charge is 0.0991 e. The molecular formula is C28H18N2. The Bertz CT molecular complexity index is 1140. The predicted octanol–water partition coefficient (Wildman–Crippen LogP) is 6.93. The molecule has 2 nitrogen and oxygen atoms in total. The maximum atomic E-state index is 8.91. The molecule has 0 bridgehead atoms. The van der Waals surface area contributed by atoms with E-state index in [4.69, 9.17) is 10.5 Å². The van der Waals surface area contributed by atoms with Crippen LogP contribution < -0.4 is 0 Å². The molecule has 4 rings (SSSR count). The van der Waals surface area contributed by atoms with Gasteiger partial charge in [-0.25, -0.2) is 0 Å². The van der Waals surface area contributed by atoms with Gasteiger partial charge < -0.3 is 0 Å². The van der Waals surface area contributed by atoms with E-state index in [9.17, 15) is 0 Å². The van der Waals surface area contributed by atoms with Crippen LogP contribution in [0.15, 0.2) is 97.1 Å². The van der Waals surface area contributed by atoms with E-state index in [1.165, 1.54) is 0 Å². The first-order chi connectivity index (χ1) is 14.7. The second-order valence-electron chi connectivity index (χ2n) is 6.96. The number of nitriles is 2. The number of rotatable bonds is 4. The molecule has 0 spiro atoms. The molecule has 140 valence electrons. The molecule has 2 heteroatoms. The van der Waals surface area contributed by atoms with Crippen molar-refractivity contribution >= 4 is 12.2 Å². The second-order valence-corrected chi connectivity index (χ2v) is 6.96. The third-order valence-corrected chi connectivity index (χ3v) is 4.98. The Hall–Kier alpha value is -4.40. The van der Waals surface area contributed by atoms with Crippen molar-refractivity contribution in [1.29, 1.82) is 10.5 Å². The van der Waals surface area contributed by atoms with E-state index >= 15 is 0 Å². The summed E-state index contributed by atoms with van der Waals surface area (Å²) in [5.74, 6) is 0. The van der Waals surface area contributed by atoms with Crippen LogP contribution in [0.3, 0.4) is 0 Å². The zero-order chi connectivity index (χ0) is 20.8. The summed E-state index contributed by atoms with van der Waals surface area (Å²) in [6, 6.07) is 36.3. The Labute approximate surface area is 176 Å². The topological polar surface area (TPSA) is 47.6 Å². The van der Waals surface area contributed by atoms with E-state index < -0.39 is 0 Å². The monoisotopic (exact) mass is 382 g/mol. The minimum atomic E-state index is 0.670. The highest BCUT2D eigenvalue weighted by molar-refractivity contribution is 5.74. The number of hydrogen-bond acceptors (Lipinski definition) is 2. The van der Waals surface area contributed by atoms with E-state index in [0.717, 1.165) is 33.4 Å². The van der Waals surface area contributed by atoms with E-state index in [2.05, 4.69) is 72.8 Å². The normalized spacial score (nSPS) is 10.5. The Morgan fingerprint density at radius 3 is 0.933 bits per heavy atom. The van der Waals surface area contributed by atoms with Gasteiger partial charge in [-0.3, -0.25) is 0 Å². The van der Waals surface area contributed by atoms with Crippen molar-refractivity contribution in [2.45, 2.75) is 0 Å². The van der Waals surface area contributed by atoms with Crippen LogP contribution in [-0.2, 0) is 0 Å². The first kappa shape index (κ1) is 18.9. The molecule has 0 aromatic heterocycles. The predicted molar refractivity (Wildman–Crippen MR) is 122 cm³/mol. The highest BCUT2D eigenvalue weighted by Gasteiger charge is 1.99. The van der Waals surface area contributed by atoms with E-state index in [-0.39, 0.29) is 0 Å². The molecule has 0 radical (unpaired) electrons. The van der Waals surface area contributed by atoms with Crippen molar-refractivity contribution < 1.29 is 0 Å². The molecule has 4 aromatic carbocycles. The van der Waals surface area contributed by atoms with Crippen molar-refractivity contribution in [3.63, 3.8) is 0 Å². The molecule has 0 saturated heterocycles. The third kappa shape index (κ3) is 4.36. The van der Waals surface area contributed by atoms with Gasteiger partial charge >= 0.3 is 0 Å². The van der Waals surface area contributed by atoms with Crippen molar-refractivity contribution in [2.24, 2.45) is 0 Å². The van der Waals surface area contributed by atoms with Crippen LogP contribution in [0, 0.1) is 22.7 Å². The quantitative estimate of drug-likeness (QED) is 0.359. The van der Waals surface area contributed by atoms with Crippen LogP contribution >= 0.6 is 0 Å². The van der Waals surface area contributed by atoms with Crippen LogP contribution in [0.2, 0.25) is 0 Å². The molecule has 0 N–H and O–H groups in total. The fraction of sp³-hybridized carbons (Fsp3) is 0. The van der Waals surface area contributed by atoms with Crippen LogP contribution in [0.1, 0.15) is 22.3 Å². The van der Waals surface area contributed by atoms with Crippen molar-refractivity contribution in [1.82, 2.24) is 0 Å². The first-order valence-corrected chi connectivity index (χ1v) is 9.64. The molecule has 0 saturated carbocycles. The summed E-state index contributed by atoms with van der Waals surface area (Å²) in [6.07, 6.45) is 4.19. The molecule has 0 aliphatic carbocycles. The molecule has 0 aliphatic heterocycles. The lowest BCUT2D eigenvalue weighted by atomic mass is 10.0. The highest BCUT2D eigenvalue weighted by atomic mass is 14.2. The van der Waals surface area contributed by atoms with Gasteiger partial charge in [0.1, 0.15) is 0 Å². The van der Waals surface area contributed by atoms with Crippen LogP contribution in [0.4, 0.5) is 0 Å². The highest BCUT2D eigenvalue weighted by Crippen LogP contribution is 2.23. The average Bonchev–Trinajstić information content (AvgIpc) is 2.83. The SMILES string of the molecule is N#Cc1ccc(-c2ccc(/C=C/c3ccc(-c4ccc(C#N)cc4)cc3)cc2)cc1. The molecule has 0 heterocycles. The van der Waals surface area contributed by atoms with E-state index in [1.54, 1.807) is 0 Å². The second kappa shape index (κ2) is 8.74. The lowest BCUT2D eigenvalue weighted by Gasteiger charge is -2.03. The molecule has 0 amide bonds. The largest absolute Gasteiger partial charge is 0.192 e. The molecule has 0 unspecified atom stereocenters. The lowest BCUT2D eigenvalue weighted by Crippen LogP contribution is -1.81. The number of nitrogens with zero attached hydrogens (tertiary/aromatic N) is 2. The van der Waals surface area contributed by atoms with Crippen molar-refractivity contribution in [3.8, 4) is 34.4 Å². The van der Waals surface area contributed by atoms with Gasteiger partial charge in [0.25, 0.3) is 0 Å². The third-order valence-electron chi connectivity index (χ3n) is 4.98. The van der Waals surface area contributed by atoms with Gasteiger partial charge in [-0.05, 0) is 57.6 Å². The minimum absolute atomic E-state index is 0.670. The maximum Gasteiger partial charge on any atom is 0.0991 e. The standard InChI is InChI=1S/C28H18N2/c29-19-23-7-15-27(16-8-23)25-11-3-21(4-12-25)1-2-22-5-13-26(14-6-22)28-17-9-24(20-30)10-18-28/h1-18H/b2-1+. The number of benzene rings is 4. The van der Waals surface area contributed by atoms with Gasteiger partial charge in [0, 0.05) is 0 Å². The number of hydrogen-bond donors (Lipinski definition) is 0. The zero-order valence-electron chi connectivity index (χ0n) is 16.3. The van der Waals surface area contributed by atoms with Gasteiger partial charge in [0.15, 0.2) is 0 Å². The molecule has 0 aliphatic rings. The molecular weight excluding hydrogens is 364 g/mol. The van der Waals surface area contributed by atoms with E-state index in [0.29, 0.717) is 11.1 Å². The van der Waals surface area contributed by atoms with Gasteiger partial charge in [0.2, 0.25) is 0 Å². The molecule has 4 aromatic rings. The van der Waals surface area contributed by atoms with Gasteiger partial charge in [-0.15, -0.1) is 0 Å². The summed E-state index contributed by atoms with van der Waals surface area (Å²) in [4.78, 5) is 0. The Balaban J connectivity index is 1.45. The summed E-state index contributed by atoms with van der Waals surface area (Å²) in [7, 11) is 0. The minimum Gasteiger partial charge on any atom is -0.192 e. The van der Waals surface area contributed by atoms with Gasteiger partial charge in [0.05, 0.1) is 23.3 Å². The molecule has 0 fully saturated rings. The molecule has 30 heavy (non-hydrogen) atoms. The maximum absolute atomic E-state index is 8.91. The summed E-state index contributed by atoms with van der Waals surface area (Å²) in [5.41, 5.74) is 8.05. The van der Waals surface area contributed by atoms with Crippen LogP contribution in [0.5, 0.6) is 0 Å². The lowest BCUT2D eigenvalue weighted by molar-refractivity contribution is 1.48. The van der Waals surface area contributed by atoms with Crippen LogP contribution in [0.25, 0.3) is 34.4 Å². The average molecular weight is 382 g/mol.